The van der Waals surface area contributed by atoms with Crippen LogP contribution in [-0.4, -0.2) is 18.6 Å². The molecule has 0 bridgehead atoms. The minimum Gasteiger partial charge on any atom is -0.372 e. The Morgan fingerprint density at radius 1 is 1.25 bits per heavy atom. The molecule has 2 heterocycles. The Labute approximate surface area is 133 Å². The molecule has 2 aromatic rings. The van der Waals surface area contributed by atoms with Gasteiger partial charge in [-0.1, -0.05) is 43.1 Å². The maximum atomic E-state index is 6.18. The molecule has 0 fully saturated rings. The maximum Gasteiger partial charge on any atom is 0.147 e. The van der Waals surface area contributed by atoms with Gasteiger partial charge < -0.3 is 10.6 Å². The Kier molecular flexibility index (Phi) is 4.78. The second-order valence-corrected chi connectivity index (χ2v) is 6.88. The number of hydrogen-bond donors (Lipinski definition) is 2. The topological polar surface area (TPSA) is 37.0 Å². The molecule has 0 unspecified atom stereocenters. The van der Waals surface area contributed by atoms with E-state index in [0.29, 0.717) is 21.7 Å². The minimum atomic E-state index is 0.0125. The summed E-state index contributed by atoms with van der Waals surface area (Å²) in [6.07, 6.45) is 0. The highest BCUT2D eigenvalue weighted by molar-refractivity contribution is 7.10. The molecule has 0 spiro atoms. The van der Waals surface area contributed by atoms with Gasteiger partial charge in [-0.05, 0) is 17.5 Å². The van der Waals surface area contributed by atoms with Gasteiger partial charge in [0.05, 0.1) is 10.0 Å². The lowest BCUT2D eigenvalue weighted by Gasteiger charge is -2.24. The highest BCUT2D eigenvalue weighted by Crippen LogP contribution is 2.31. The molecule has 0 radical (unpaired) electrons. The highest BCUT2D eigenvalue weighted by atomic mass is 35.5. The fourth-order valence-corrected chi connectivity index (χ4v) is 3.19. The van der Waals surface area contributed by atoms with Crippen molar-refractivity contribution in [1.82, 2.24) is 4.98 Å². The third-order valence-corrected chi connectivity index (χ3v) is 4.86. The monoisotopic (exact) mass is 329 g/mol. The van der Waals surface area contributed by atoms with E-state index < -0.39 is 0 Å². The van der Waals surface area contributed by atoms with Crippen molar-refractivity contribution in [3.63, 3.8) is 0 Å². The normalized spacial score (nSPS) is 11.4. The number of halogens is 2. The van der Waals surface area contributed by atoms with Gasteiger partial charge in [-0.25, -0.2) is 4.98 Å². The molecule has 0 aromatic carbocycles. The van der Waals surface area contributed by atoms with Crippen LogP contribution in [0, 0.1) is 0 Å². The van der Waals surface area contributed by atoms with Crippen molar-refractivity contribution in [3.05, 3.63) is 38.5 Å². The molecule has 3 nitrogen and oxygen atoms in total. The molecule has 2 rings (SSSR count). The van der Waals surface area contributed by atoms with Gasteiger partial charge in [-0.2, -0.15) is 0 Å². The van der Waals surface area contributed by atoms with E-state index in [0.717, 1.165) is 6.54 Å². The Morgan fingerprint density at radius 3 is 2.55 bits per heavy atom. The summed E-state index contributed by atoms with van der Waals surface area (Å²) in [5.41, 5.74) is 0.0125. The smallest absolute Gasteiger partial charge is 0.147 e. The largest absolute Gasteiger partial charge is 0.372 e. The molecule has 6 heteroatoms. The SMILES string of the molecule is CNc1nc(NCC(C)(C)c2cccs2)c(Cl)cc1Cl. The summed E-state index contributed by atoms with van der Waals surface area (Å²) in [6.45, 7) is 5.12. The van der Waals surface area contributed by atoms with Gasteiger partial charge in [0, 0.05) is 23.9 Å². The first-order valence-electron chi connectivity index (χ1n) is 6.25. The Balaban J connectivity index is 2.15. The lowest BCUT2D eigenvalue weighted by Crippen LogP contribution is -2.27. The van der Waals surface area contributed by atoms with E-state index in [1.54, 1.807) is 24.5 Å². The number of nitrogens with zero attached hydrogens (tertiary/aromatic N) is 1. The standard InChI is InChI=1S/C14H17Cl2N3S/c1-14(2,11-5-4-6-20-11)8-18-13-10(16)7-9(15)12(17-3)19-13/h4-7H,8H2,1-3H3,(H2,17,18,19). The molecule has 0 aliphatic rings. The van der Waals surface area contributed by atoms with E-state index in [-0.39, 0.29) is 5.41 Å². The molecule has 0 atom stereocenters. The van der Waals surface area contributed by atoms with Crippen LogP contribution in [0.4, 0.5) is 11.6 Å². The second kappa shape index (κ2) is 6.20. The van der Waals surface area contributed by atoms with E-state index in [1.807, 2.05) is 0 Å². The van der Waals surface area contributed by atoms with Gasteiger partial charge in [0.2, 0.25) is 0 Å². The van der Waals surface area contributed by atoms with Crippen LogP contribution in [-0.2, 0) is 5.41 Å². The van der Waals surface area contributed by atoms with E-state index in [2.05, 4.69) is 47.0 Å². The van der Waals surface area contributed by atoms with Crippen LogP contribution in [0.25, 0.3) is 0 Å². The summed E-state index contributed by atoms with van der Waals surface area (Å²) in [5.74, 6) is 1.26. The van der Waals surface area contributed by atoms with Crippen molar-refractivity contribution in [2.45, 2.75) is 19.3 Å². The molecular weight excluding hydrogens is 313 g/mol. The molecule has 0 aliphatic carbocycles. The minimum absolute atomic E-state index is 0.0125. The van der Waals surface area contributed by atoms with Crippen LogP contribution in [0.2, 0.25) is 10.0 Å². The van der Waals surface area contributed by atoms with Crippen molar-refractivity contribution in [3.8, 4) is 0 Å². The van der Waals surface area contributed by atoms with Gasteiger partial charge in [-0.15, -0.1) is 11.3 Å². The quantitative estimate of drug-likeness (QED) is 0.820. The summed E-state index contributed by atoms with van der Waals surface area (Å²) in [6, 6.07) is 5.90. The Morgan fingerprint density at radius 2 is 1.95 bits per heavy atom. The molecule has 2 N–H and O–H groups in total. The molecule has 0 saturated carbocycles. The number of rotatable bonds is 5. The zero-order valence-corrected chi connectivity index (χ0v) is 14.0. The summed E-state index contributed by atoms with van der Waals surface area (Å²) < 4.78 is 0. The van der Waals surface area contributed by atoms with Crippen LogP contribution < -0.4 is 10.6 Å². The van der Waals surface area contributed by atoms with E-state index in [9.17, 15) is 0 Å². The highest BCUT2D eigenvalue weighted by Gasteiger charge is 2.22. The zero-order valence-electron chi connectivity index (χ0n) is 11.6. The number of pyridine rings is 1. The molecule has 2 aromatic heterocycles. The average molecular weight is 330 g/mol. The molecule has 0 aliphatic heterocycles. The first-order valence-corrected chi connectivity index (χ1v) is 7.89. The molecule has 20 heavy (non-hydrogen) atoms. The maximum absolute atomic E-state index is 6.18. The summed E-state index contributed by atoms with van der Waals surface area (Å²) >= 11 is 14.0. The van der Waals surface area contributed by atoms with Crippen molar-refractivity contribution in [2.24, 2.45) is 0 Å². The lowest BCUT2D eigenvalue weighted by molar-refractivity contribution is 0.568. The number of aromatic nitrogens is 1. The van der Waals surface area contributed by atoms with Crippen LogP contribution >= 0.6 is 34.5 Å². The van der Waals surface area contributed by atoms with Gasteiger partial charge in [0.25, 0.3) is 0 Å². The Bertz CT molecular complexity index is 582. The lowest BCUT2D eigenvalue weighted by atomic mass is 9.91. The molecule has 0 amide bonds. The van der Waals surface area contributed by atoms with Crippen LogP contribution in [0.15, 0.2) is 23.6 Å². The number of anilines is 2. The third-order valence-electron chi connectivity index (χ3n) is 3.05. The fraction of sp³-hybridized carbons (Fsp3) is 0.357. The van der Waals surface area contributed by atoms with Gasteiger partial charge >= 0.3 is 0 Å². The van der Waals surface area contributed by atoms with E-state index in [1.165, 1.54) is 4.88 Å². The van der Waals surface area contributed by atoms with Crippen molar-refractivity contribution < 1.29 is 0 Å². The molecular formula is C14H17Cl2N3S. The number of hydrogen-bond acceptors (Lipinski definition) is 4. The predicted molar refractivity (Wildman–Crippen MR) is 89.6 cm³/mol. The van der Waals surface area contributed by atoms with Crippen LogP contribution in [0.1, 0.15) is 18.7 Å². The van der Waals surface area contributed by atoms with Gasteiger partial charge in [-0.3, -0.25) is 0 Å². The third kappa shape index (κ3) is 3.37. The molecule has 0 saturated heterocycles. The van der Waals surface area contributed by atoms with Crippen molar-refractivity contribution in [2.75, 3.05) is 24.2 Å². The van der Waals surface area contributed by atoms with E-state index >= 15 is 0 Å². The summed E-state index contributed by atoms with van der Waals surface area (Å²) in [4.78, 5) is 5.72. The van der Waals surface area contributed by atoms with Gasteiger partial charge in [0.15, 0.2) is 0 Å². The van der Waals surface area contributed by atoms with Gasteiger partial charge in [0.1, 0.15) is 11.6 Å². The first-order chi connectivity index (χ1) is 9.44. The number of thiophene rings is 1. The zero-order chi connectivity index (χ0) is 14.8. The summed E-state index contributed by atoms with van der Waals surface area (Å²) in [5, 5.41) is 9.38. The van der Waals surface area contributed by atoms with E-state index in [4.69, 9.17) is 23.2 Å². The second-order valence-electron chi connectivity index (χ2n) is 5.11. The average Bonchev–Trinajstić information content (AvgIpc) is 2.92. The van der Waals surface area contributed by atoms with Crippen molar-refractivity contribution in [1.29, 1.82) is 0 Å². The van der Waals surface area contributed by atoms with Crippen LogP contribution in [0.3, 0.4) is 0 Å². The van der Waals surface area contributed by atoms with Crippen LogP contribution in [0.5, 0.6) is 0 Å². The fourth-order valence-electron chi connectivity index (χ4n) is 1.82. The number of nitrogens with one attached hydrogen (secondary N) is 2. The Hall–Kier alpha value is -0.970. The molecule has 108 valence electrons. The summed E-state index contributed by atoms with van der Waals surface area (Å²) in [7, 11) is 1.78. The predicted octanol–water partition coefficient (Wildman–Crippen LogP) is 4.88. The van der Waals surface area contributed by atoms with Crippen molar-refractivity contribution >= 4 is 46.2 Å². The first kappa shape index (κ1) is 15.4.